The third-order valence-corrected chi connectivity index (χ3v) is 4.74. The van der Waals surface area contributed by atoms with Crippen LogP contribution in [0.25, 0.3) is 10.8 Å². The summed E-state index contributed by atoms with van der Waals surface area (Å²) in [6.07, 6.45) is -2.82. The molecule has 2 heterocycles. The van der Waals surface area contributed by atoms with E-state index >= 15 is 0 Å². The fourth-order valence-corrected chi connectivity index (χ4v) is 3.21. The van der Waals surface area contributed by atoms with Gasteiger partial charge in [-0.2, -0.15) is 13.2 Å². The van der Waals surface area contributed by atoms with E-state index in [4.69, 9.17) is 4.42 Å². The number of alkyl halides is 3. The number of aromatic nitrogens is 1. The maximum atomic E-state index is 12.5. The summed E-state index contributed by atoms with van der Waals surface area (Å²) >= 11 is 1.37. The smallest absolute Gasteiger partial charge is 0.416 e. The lowest BCUT2D eigenvalue weighted by Gasteiger charge is -2.09. The lowest BCUT2D eigenvalue weighted by Crippen LogP contribution is -2.35. The number of thiazole rings is 1. The summed E-state index contributed by atoms with van der Waals surface area (Å²) in [5.74, 6) is -0.145. The summed E-state index contributed by atoms with van der Waals surface area (Å²) < 4.78 is 42.8. The summed E-state index contributed by atoms with van der Waals surface area (Å²) in [5.41, 5.74) is -0.108. The van der Waals surface area contributed by atoms with Crippen LogP contribution in [-0.4, -0.2) is 29.9 Å². The molecule has 0 bridgehead atoms. The molecule has 0 spiro atoms. The second kappa shape index (κ2) is 8.91. The quantitative estimate of drug-likeness (QED) is 0.570. The molecule has 6 nitrogen and oxygen atoms in total. The molecule has 0 saturated heterocycles. The predicted octanol–water partition coefficient (Wildman–Crippen LogP) is 3.51. The Morgan fingerprint density at radius 3 is 2.45 bits per heavy atom. The van der Waals surface area contributed by atoms with Gasteiger partial charge >= 0.3 is 6.18 Å². The first-order valence-electron chi connectivity index (χ1n) is 8.53. The van der Waals surface area contributed by atoms with Gasteiger partial charge in [-0.05, 0) is 36.4 Å². The number of hydrogen-bond acceptors (Lipinski definition) is 5. The first-order valence-corrected chi connectivity index (χ1v) is 9.41. The van der Waals surface area contributed by atoms with Gasteiger partial charge in [-0.3, -0.25) is 9.59 Å². The van der Waals surface area contributed by atoms with Crippen molar-refractivity contribution in [2.45, 2.75) is 12.6 Å². The second-order valence-electron chi connectivity index (χ2n) is 5.98. The number of carbonyl (C=O) groups excluding carboxylic acids is 2. The van der Waals surface area contributed by atoms with E-state index in [0.717, 1.165) is 24.3 Å². The van der Waals surface area contributed by atoms with Gasteiger partial charge in [-0.25, -0.2) is 4.98 Å². The van der Waals surface area contributed by atoms with Crippen molar-refractivity contribution in [3.05, 3.63) is 64.9 Å². The van der Waals surface area contributed by atoms with Crippen molar-refractivity contribution in [1.82, 2.24) is 15.6 Å². The molecule has 0 aliphatic heterocycles. The van der Waals surface area contributed by atoms with Gasteiger partial charge in [0, 0.05) is 24.0 Å². The van der Waals surface area contributed by atoms with Gasteiger partial charge in [0.2, 0.25) is 5.91 Å². The Kier molecular flexibility index (Phi) is 6.32. The molecule has 3 aromatic rings. The Balaban J connectivity index is 1.40. The normalized spacial score (nSPS) is 11.3. The van der Waals surface area contributed by atoms with Gasteiger partial charge in [0.05, 0.1) is 23.9 Å². The van der Waals surface area contributed by atoms with Crippen LogP contribution in [0.15, 0.2) is 52.5 Å². The van der Waals surface area contributed by atoms with Crippen LogP contribution in [0.4, 0.5) is 13.2 Å². The van der Waals surface area contributed by atoms with Crippen molar-refractivity contribution in [1.29, 1.82) is 0 Å². The van der Waals surface area contributed by atoms with Gasteiger partial charge in [-0.15, -0.1) is 11.3 Å². The topological polar surface area (TPSA) is 84.2 Å². The molecule has 0 fully saturated rings. The van der Waals surface area contributed by atoms with E-state index in [-0.39, 0.29) is 31.0 Å². The lowest BCUT2D eigenvalue weighted by molar-refractivity contribution is -0.137. The summed E-state index contributed by atoms with van der Waals surface area (Å²) in [6.45, 7) is 0.320. The highest BCUT2D eigenvalue weighted by atomic mass is 32.1. The van der Waals surface area contributed by atoms with Crippen molar-refractivity contribution in [2.24, 2.45) is 0 Å². The van der Waals surface area contributed by atoms with Gasteiger partial charge in [0.15, 0.2) is 10.8 Å². The van der Waals surface area contributed by atoms with E-state index in [2.05, 4.69) is 15.6 Å². The second-order valence-corrected chi connectivity index (χ2v) is 6.84. The van der Waals surface area contributed by atoms with E-state index in [1.807, 2.05) is 0 Å². The van der Waals surface area contributed by atoms with E-state index in [9.17, 15) is 22.8 Å². The highest BCUT2D eigenvalue weighted by molar-refractivity contribution is 7.13. The monoisotopic (exact) mass is 423 g/mol. The van der Waals surface area contributed by atoms with Crippen LogP contribution < -0.4 is 10.6 Å². The average molecular weight is 423 g/mol. The predicted molar refractivity (Wildman–Crippen MR) is 100 cm³/mol. The highest BCUT2D eigenvalue weighted by Crippen LogP contribution is 2.29. The van der Waals surface area contributed by atoms with Crippen molar-refractivity contribution in [3.8, 4) is 10.8 Å². The molecule has 10 heteroatoms. The first kappa shape index (κ1) is 20.6. The van der Waals surface area contributed by atoms with E-state index in [0.29, 0.717) is 16.5 Å². The Bertz CT molecular complexity index is 967. The van der Waals surface area contributed by atoms with E-state index in [1.165, 1.54) is 11.3 Å². The third-order valence-electron chi connectivity index (χ3n) is 3.83. The average Bonchev–Trinajstić information content (AvgIpc) is 3.36. The lowest BCUT2D eigenvalue weighted by atomic mass is 10.1. The Morgan fingerprint density at radius 1 is 1.07 bits per heavy atom. The molecule has 0 unspecified atom stereocenters. The zero-order valence-electron chi connectivity index (χ0n) is 15.0. The molecule has 29 heavy (non-hydrogen) atoms. The minimum Gasteiger partial charge on any atom is -0.462 e. The zero-order valence-corrected chi connectivity index (χ0v) is 15.8. The summed E-state index contributed by atoms with van der Waals surface area (Å²) in [5, 5.41) is 7.64. The van der Waals surface area contributed by atoms with Crippen molar-refractivity contribution in [3.63, 3.8) is 0 Å². The number of benzene rings is 1. The van der Waals surface area contributed by atoms with Crippen LogP contribution >= 0.6 is 11.3 Å². The largest absolute Gasteiger partial charge is 0.462 e. The minimum absolute atomic E-state index is 0.0874. The van der Waals surface area contributed by atoms with Crippen LogP contribution in [0.1, 0.15) is 21.6 Å². The number of carbonyl (C=O) groups is 2. The third kappa shape index (κ3) is 5.67. The molecule has 3 rings (SSSR count). The number of amides is 2. The molecule has 0 radical (unpaired) electrons. The molecular formula is C19H16F3N3O3S. The number of nitrogens with one attached hydrogen (secondary N) is 2. The van der Waals surface area contributed by atoms with Crippen molar-refractivity contribution in [2.75, 3.05) is 13.1 Å². The fraction of sp³-hybridized carbons (Fsp3) is 0.211. The number of halogens is 3. The molecule has 2 aromatic heterocycles. The number of rotatable bonds is 7. The molecule has 1 aromatic carbocycles. The minimum atomic E-state index is -4.45. The molecule has 0 aliphatic carbocycles. The Hall–Kier alpha value is -3.14. The molecule has 0 saturated carbocycles. The Morgan fingerprint density at radius 2 is 1.79 bits per heavy atom. The number of hydrogen-bond donors (Lipinski definition) is 2. The maximum absolute atomic E-state index is 12.5. The van der Waals surface area contributed by atoms with Crippen LogP contribution in [0.5, 0.6) is 0 Å². The number of furan rings is 1. The number of nitrogens with zero attached hydrogens (tertiary/aromatic N) is 1. The Labute approximate surface area is 167 Å². The van der Waals surface area contributed by atoms with Gasteiger partial charge < -0.3 is 15.1 Å². The van der Waals surface area contributed by atoms with Gasteiger partial charge in [-0.1, -0.05) is 0 Å². The van der Waals surface area contributed by atoms with Crippen molar-refractivity contribution < 1.29 is 27.2 Å². The summed E-state index contributed by atoms with van der Waals surface area (Å²) in [4.78, 5) is 28.2. The standard InChI is InChI=1S/C19H16F3N3O3S/c20-19(21,22)13-5-3-12(4-6-13)17(27)24-8-7-23-16(26)10-14-11-29-18(25-14)15-2-1-9-28-15/h1-6,9,11H,7-8,10H2,(H,23,26)(H,24,27). The summed E-state index contributed by atoms with van der Waals surface area (Å²) in [7, 11) is 0. The molecule has 0 atom stereocenters. The van der Waals surface area contributed by atoms with Crippen LogP contribution in [0.2, 0.25) is 0 Å². The van der Waals surface area contributed by atoms with E-state index < -0.39 is 17.6 Å². The molecule has 0 aliphatic rings. The van der Waals surface area contributed by atoms with Gasteiger partial charge in [0.25, 0.3) is 5.91 Å². The molecule has 2 N–H and O–H groups in total. The zero-order chi connectivity index (χ0) is 20.9. The first-order chi connectivity index (χ1) is 13.8. The maximum Gasteiger partial charge on any atom is 0.416 e. The van der Waals surface area contributed by atoms with Crippen LogP contribution in [0.3, 0.4) is 0 Å². The molecule has 152 valence electrons. The van der Waals surface area contributed by atoms with Crippen molar-refractivity contribution >= 4 is 23.2 Å². The van der Waals surface area contributed by atoms with Gasteiger partial charge in [0.1, 0.15) is 0 Å². The summed E-state index contributed by atoms with van der Waals surface area (Å²) in [6, 6.07) is 7.44. The fourth-order valence-electron chi connectivity index (χ4n) is 2.42. The molecule has 2 amide bonds. The SMILES string of the molecule is O=C(Cc1csc(-c2ccco2)n1)NCCNC(=O)c1ccc(C(F)(F)F)cc1. The van der Waals surface area contributed by atoms with Crippen LogP contribution in [-0.2, 0) is 17.4 Å². The van der Waals surface area contributed by atoms with Crippen LogP contribution in [0, 0.1) is 0 Å². The van der Waals surface area contributed by atoms with E-state index in [1.54, 1.807) is 23.8 Å². The highest BCUT2D eigenvalue weighted by Gasteiger charge is 2.30. The molecular weight excluding hydrogens is 407 g/mol.